The van der Waals surface area contributed by atoms with Crippen molar-refractivity contribution in [2.24, 2.45) is 0 Å². The molecule has 4 amide bonds. The lowest BCUT2D eigenvalue weighted by molar-refractivity contribution is -0.904. The van der Waals surface area contributed by atoms with E-state index in [1.807, 2.05) is 62.4 Å². The summed E-state index contributed by atoms with van der Waals surface area (Å²) in [5, 5.41) is 3.58. The van der Waals surface area contributed by atoms with E-state index in [1.165, 1.54) is 0 Å². The van der Waals surface area contributed by atoms with Crippen molar-refractivity contribution in [2.45, 2.75) is 32.4 Å². The van der Waals surface area contributed by atoms with Gasteiger partial charge in [-0.2, -0.15) is 5.01 Å². The first-order chi connectivity index (χ1) is 14.0. The molecule has 2 aromatic rings. The average Bonchev–Trinajstić information content (AvgIpc) is 2.99. The van der Waals surface area contributed by atoms with Crippen LogP contribution in [0.4, 0.5) is 4.79 Å². The number of hydrogen-bond acceptors (Lipinski definition) is 3. The van der Waals surface area contributed by atoms with Crippen LogP contribution in [-0.4, -0.2) is 35.9 Å². The van der Waals surface area contributed by atoms with Crippen molar-refractivity contribution in [2.75, 3.05) is 13.1 Å². The van der Waals surface area contributed by atoms with E-state index in [1.54, 1.807) is 12.1 Å². The van der Waals surface area contributed by atoms with Gasteiger partial charge in [0, 0.05) is 5.56 Å². The van der Waals surface area contributed by atoms with Gasteiger partial charge in [0.05, 0.1) is 6.54 Å². The Morgan fingerprint density at radius 2 is 1.66 bits per heavy atom. The number of nitrogens with one attached hydrogen (secondary N) is 3. The number of imide groups is 1. The average molecular weight is 395 g/mol. The summed E-state index contributed by atoms with van der Waals surface area (Å²) >= 11 is 0. The molecule has 0 aliphatic carbocycles. The fourth-order valence-corrected chi connectivity index (χ4v) is 3.63. The standard InChI is InChI=1S/C22H26N4O3/c1-3-22(18-13-9-6-10-14-18)20(28)26(21(29)23-22)24-19(27)16-25(4-2)15-17-11-7-5-8-12-17/h5-14H,3-4,15-16H2,1-2H3,(H,23,29)(H,24,27)/p+1/t22-/m0/s1. The maximum Gasteiger partial charge on any atom is 0.344 e. The van der Waals surface area contributed by atoms with Crippen LogP contribution in [0.2, 0.25) is 0 Å². The molecule has 0 saturated carbocycles. The Hall–Kier alpha value is -3.19. The van der Waals surface area contributed by atoms with Gasteiger partial charge in [0.2, 0.25) is 0 Å². The summed E-state index contributed by atoms with van der Waals surface area (Å²) in [4.78, 5) is 39.2. The first-order valence-electron chi connectivity index (χ1n) is 9.89. The van der Waals surface area contributed by atoms with Crippen LogP contribution in [0.5, 0.6) is 0 Å². The first-order valence-corrected chi connectivity index (χ1v) is 9.89. The second-order valence-corrected chi connectivity index (χ2v) is 7.17. The molecule has 1 aliphatic rings. The zero-order chi connectivity index (χ0) is 20.9. The smallest absolute Gasteiger partial charge is 0.324 e. The van der Waals surface area contributed by atoms with Crippen molar-refractivity contribution < 1.29 is 19.3 Å². The molecular formula is C22H27N4O3+. The largest absolute Gasteiger partial charge is 0.344 e. The van der Waals surface area contributed by atoms with Gasteiger partial charge < -0.3 is 10.2 Å². The molecule has 0 radical (unpaired) electrons. The lowest BCUT2D eigenvalue weighted by atomic mass is 9.87. The van der Waals surface area contributed by atoms with E-state index in [9.17, 15) is 14.4 Å². The van der Waals surface area contributed by atoms with Gasteiger partial charge in [0.25, 0.3) is 11.8 Å². The molecular weight excluding hydrogens is 368 g/mol. The predicted octanol–water partition coefficient (Wildman–Crippen LogP) is 0.980. The van der Waals surface area contributed by atoms with E-state index in [4.69, 9.17) is 0 Å². The lowest BCUT2D eigenvalue weighted by Gasteiger charge is -2.25. The van der Waals surface area contributed by atoms with Gasteiger partial charge in [0.15, 0.2) is 6.54 Å². The monoisotopic (exact) mass is 395 g/mol. The van der Waals surface area contributed by atoms with E-state index in [0.29, 0.717) is 18.5 Å². The van der Waals surface area contributed by atoms with Crippen LogP contribution in [-0.2, 0) is 21.7 Å². The molecule has 1 fully saturated rings. The molecule has 29 heavy (non-hydrogen) atoms. The van der Waals surface area contributed by atoms with Crippen LogP contribution >= 0.6 is 0 Å². The van der Waals surface area contributed by atoms with Crippen LogP contribution in [0.15, 0.2) is 60.7 Å². The molecule has 1 aliphatic heterocycles. The Morgan fingerprint density at radius 1 is 1.03 bits per heavy atom. The SMILES string of the molecule is CC[NH+](CC(=O)NN1C(=O)N[C@@](CC)(c2ccccc2)C1=O)Cc1ccccc1. The Bertz CT molecular complexity index is 872. The topological polar surface area (TPSA) is 82.9 Å². The number of nitrogens with zero attached hydrogens (tertiary/aromatic N) is 1. The van der Waals surface area contributed by atoms with E-state index in [-0.39, 0.29) is 12.5 Å². The van der Waals surface area contributed by atoms with E-state index in [2.05, 4.69) is 10.7 Å². The maximum absolute atomic E-state index is 13.1. The summed E-state index contributed by atoms with van der Waals surface area (Å²) in [6.07, 6.45) is 0.383. The zero-order valence-corrected chi connectivity index (χ0v) is 16.8. The second-order valence-electron chi connectivity index (χ2n) is 7.17. The van der Waals surface area contributed by atoms with Crippen molar-refractivity contribution in [1.82, 2.24) is 15.8 Å². The highest BCUT2D eigenvalue weighted by molar-refractivity contribution is 6.08. The molecule has 7 nitrogen and oxygen atoms in total. The minimum atomic E-state index is -1.16. The van der Waals surface area contributed by atoms with Crippen LogP contribution < -0.4 is 15.6 Å². The van der Waals surface area contributed by atoms with Gasteiger partial charge in [0.1, 0.15) is 12.1 Å². The second kappa shape index (κ2) is 8.87. The summed E-state index contributed by atoms with van der Waals surface area (Å²) < 4.78 is 0. The molecule has 1 heterocycles. The Kier molecular flexibility index (Phi) is 6.29. The van der Waals surface area contributed by atoms with Crippen LogP contribution in [0.3, 0.4) is 0 Å². The third-order valence-corrected chi connectivity index (χ3v) is 5.33. The molecule has 7 heteroatoms. The number of hydrazine groups is 1. The van der Waals surface area contributed by atoms with Gasteiger partial charge in [-0.1, -0.05) is 67.6 Å². The quantitative estimate of drug-likeness (QED) is 0.583. The Balaban J connectivity index is 1.68. The van der Waals surface area contributed by atoms with E-state index in [0.717, 1.165) is 22.0 Å². The van der Waals surface area contributed by atoms with Gasteiger partial charge in [-0.25, -0.2) is 4.79 Å². The fraction of sp³-hybridized carbons (Fsp3) is 0.318. The molecule has 3 rings (SSSR count). The summed E-state index contributed by atoms with van der Waals surface area (Å²) in [6, 6.07) is 18.4. The summed E-state index contributed by atoms with van der Waals surface area (Å²) in [5.74, 6) is -0.841. The highest BCUT2D eigenvalue weighted by Gasteiger charge is 2.52. The highest BCUT2D eigenvalue weighted by Crippen LogP contribution is 2.31. The van der Waals surface area contributed by atoms with Crippen LogP contribution in [0.1, 0.15) is 31.4 Å². The van der Waals surface area contributed by atoms with Crippen molar-refractivity contribution in [1.29, 1.82) is 0 Å². The fourth-order valence-electron chi connectivity index (χ4n) is 3.63. The third kappa shape index (κ3) is 4.30. The number of carbonyl (C=O) groups is 3. The maximum atomic E-state index is 13.1. The Morgan fingerprint density at radius 3 is 2.24 bits per heavy atom. The number of amides is 4. The van der Waals surface area contributed by atoms with Gasteiger partial charge in [-0.15, -0.1) is 0 Å². The molecule has 0 bridgehead atoms. The van der Waals surface area contributed by atoms with Crippen molar-refractivity contribution in [3.05, 3.63) is 71.8 Å². The molecule has 1 saturated heterocycles. The molecule has 2 aromatic carbocycles. The zero-order valence-electron chi connectivity index (χ0n) is 16.8. The normalized spacial score (nSPS) is 19.7. The van der Waals surface area contributed by atoms with E-state index >= 15 is 0 Å². The van der Waals surface area contributed by atoms with Gasteiger partial charge in [-0.3, -0.25) is 15.0 Å². The van der Waals surface area contributed by atoms with Crippen molar-refractivity contribution >= 4 is 17.8 Å². The van der Waals surface area contributed by atoms with Crippen molar-refractivity contribution in [3.8, 4) is 0 Å². The molecule has 1 unspecified atom stereocenters. The van der Waals surface area contributed by atoms with E-state index < -0.39 is 17.5 Å². The summed E-state index contributed by atoms with van der Waals surface area (Å²) in [6.45, 7) is 5.42. The molecule has 152 valence electrons. The minimum absolute atomic E-state index is 0.160. The highest BCUT2D eigenvalue weighted by atomic mass is 16.2. The molecule has 3 N–H and O–H groups in total. The lowest BCUT2D eigenvalue weighted by Crippen LogP contribution is -3.11. The summed E-state index contributed by atoms with van der Waals surface area (Å²) in [7, 11) is 0. The summed E-state index contributed by atoms with van der Waals surface area (Å²) in [5.41, 5.74) is 3.16. The van der Waals surface area contributed by atoms with Crippen LogP contribution in [0, 0.1) is 0 Å². The molecule has 0 spiro atoms. The van der Waals surface area contributed by atoms with Gasteiger partial charge in [-0.05, 0) is 18.9 Å². The first kappa shape index (κ1) is 20.5. The molecule has 0 aromatic heterocycles. The Labute approximate surface area is 170 Å². The minimum Gasteiger partial charge on any atom is -0.324 e. The number of hydrogen-bond donors (Lipinski definition) is 3. The predicted molar refractivity (Wildman–Crippen MR) is 108 cm³/mol. The number of benzene rings is 2. The molecule has 2 atom stereocenters. The number of quaternary nitrogens is 1. The number of urea groups is 1. The van der Waals surface area contributed by atoms with Gasteiger partial charge >= 0.3 is 6.03 Å². The van der Waals surface area contributed by atoms with Crippen molar-refractivity contribution in [3.63, 3.8) is 0 Å². The number of carbonyl (C=O) groups excluding carboxylic acids is 3. The number of likely N-dealkylation sites (N-methyl/N-ethyl adjacent to an activating group) is 1. The third-order valence-electron chi connectivity index (χ3n) is 5.33. The van der Waals surface area contributed by atoms with Crippen LogP contribution in [0.25, 0.3) is 0 Å². The number of rotatable bonds is 8.